The van der Waals surface area contributed by atoms with Crippen molar-refractivity contribution in [3.05, 3.63) is 11.8 Å². The summed E-state index contributed by atoms with van der Waals surface area (Å²) in [6.07, 6.45) is -4.33. The molecule has 1 aromatic heterocycles. The van der Waals surface area contributed by atoms with Crippen LogP contribution < -0.4 is 5.32 Å². The van der Waals surface area contributed by atoms with Crippen LogP contribution in [0.4, 0.5) is 19.0 Å². The number of aromatic nitrogens is 2. The molecule has 0 bridgehead atoms. The summed E-state index contributed by atoms with van der Waals surface area (Å²) in [5.74, 6) is 0.447. The minimum Gasteiger partial charge on any atom is -0.368 e. The van der Waals surface area contributed by atoms with Crippen LogP contribution in [0.25, 0.3) is 0 Å². The van der Waals surface area contributed by atoms with Gasteiger partial charge in [-0.15, -0.1) is 0 Å². The molecule has 0 radical (unpaired) electrons. The van der Waals surface area contributed by atoms with Crippen LogP contribution in [0.1, 0.15) is 5.69 Å². The number of alkyl halides is 3. The number of fused-ring (bicyclic) bond motifs is 1. The van der Waals surface area contributed by atoms with E-state index < -0.39 is 11.9 Å². The highest BCUT2D eigenvalue weighted by atomic mass is 19.4. The van der Waals surface area contributed by atoms with E-state index in [-0.39, 0.29) is 0 Å². The number of hydrogen-bond acceptors (Lipinski definition) is 2. The van der Waals surface area contributed by atoms with Gasteiger partial charge in [0.05, 0.1) is 6.54 Å². The van der Waals surface area contributed by atoms with Gasteiger partial charge >= 0.3 is 6.18 Å². The fourth-order valence-corrected chi connectivity index (χ4v) is 1.16. The minimum atomic E-state index is -4.33. The minimum absolute atomic E-state index is 0.447. The van der Waals surface area contributed by atoms with Crippen molar-refractivity contribution in [3.8, 4) is 0 Å². The summed E-state index contributed by atoms with van der Waals surface area (Å²) >= 11 is 0. The third-order valence-corrected chi connectivity index (χ3v) is 1.70. The lowest BCUT2D eigenvalue weighted by molar-refractivity contribution is -0.141. The zero-order valence-corrected chi connectivity index (χ0v) is 6.02. The number of halogens is 3. The molecule has 1 N–H and O–H groups in total. The summed E-state index contributed by atoms with van der Waals surface area (Å²) in [6.45, 7) is 1.16. The van der Waals surface area contributed by atoms with Crippen LogP contribution in [0, 0.1) is 0 Å². The molecular formula is C6H6F3N3. The van der Waals surface area contributed by atoms with Crippen LogP contribution in [0.2, 0.25) is 0 Å². The maximum atomic E-state index is 12.0. The highest BCUT2D eigenvalue weighted by molar-refractivity contribution is 5.40. The molecular weight excluding hydrogens is 171 g/mol. The average molecular weight is 177 g/mol. The van der Waals surface area contributed by atoms with Crippen molar-refractivity contribution >= 4 is 5.82 Å². The molecule has 0 amide bonds. The maximum absolute atomic E-state index is 12.0. The van der Waals surface area contributed by atoms with Crippen molar-refractivity contribution in [1.29, 1.82) is 0 Å². The predicted molar refractivity (Wildman–Crippen MR) is 35.7 cm³/mol. The fourth-order valence-electron chi connectivity index (χ4n) is 1.16. The van der Waals surface area contributed by atoms with Crippen LogP contribution in [0.3, 0.4) is 0 Å². The summed E-state index contributed by atoms with van der Waals surface area (Å²) in [6, 6.07) is 1.02. The van der Waals surface area contributed by atoms with Gasteiger partial charge in [-0.05, 0) is 0 Å². The lowest BCUT2D eigenvalue weighted by atomic mass is 10.4. The highest BCUT2D eigenvalue weighted by Gasteiger charge is 2.35. The van der Waals surface area contributed by atoms with E-state index in [4.69, 9.17) is 0 Å². The van der Waals surface area contributed by atoms with Crippen LogP contribution >= 0.6 is 0 Å². The standard InChI is InChI=1S/C6H6F3N3/c7-6(8,9)4-3-5-10-1-2-12(5)11-4/h3,10H,1-2H2. The molecule has 0 saturated carbocycles. The molecule has 0 spiro atoms. The van der Waals surface area contributed by atoms with Gasteiger partial charge in [-0.25, -0.2) is 4.68 Å². The Hall–Kier alpha value is -1.20. The van der Waals surface area contributed by atoms with Gasteiger partial charge in [0.25, 0.3) is 0 Å². The molecule has 0 unspecified atom stereocenters. The zero-order valence-electron chi connectivity index (χ0n) is 6.02. The van der Waals surface area contributed by atoms with E-state index in [1.807, 2.05) is 0 Å². The van der Waals surface area contributed by atoms with Crippen LogP contribution in [-0.2, 0) is 12.7 Å². The third kappa shape index (κ3) is 1.03. The molecule has 6 heteroatoms. The van der Waals surface area contributed by atoms with Crippen molar-refractivity contribution in [2.75, 3.05) is 11.9 Å². The van der Waals surface area contributed by atoms with E-state index >= 15 is 0 Å². The van der Waals surface area contributed by atoms with E-state index in [0.29, 0.717) is 18.9 Å². The number of nitrogens with one attached hydrogen (secondary N) is 1. The Morgan fingerprint density at radius 2 is 2.25 bits per heavy atom. The first-order chi connectivity index (χ1) is 5.57. The number of nitrogens with zero attached hydrogens (tertiary/aromatic N) is 2. The molecule has 0 aromatic carbocycles. The zero-order chi connectivity index (χ0) is 8.77. The van der Waals surface area contributed by atoms with E-state index in [1.165, 1.54) is 4.68 Å². The molecule has 12 heavy (non-hydrogen) atoms. The summed E-state index contributed by atoms with van der Waals surface area (Å²) < 4.78 is 37.4. The summed E-state index contributed by atoms with van der Waals surface area (Å²) in [4.78, 5) is 0. The van der Waals surface area contributed by atoms with Gasteiger partial charge in [0, 0.05) is 12.6 Å². The second kappa shape index (κ2) is 2.15. The normalized spacial score (nSPS) is 15.9. The Kier molecular flexibility index (Phi) is 1.33. The lowest BCUT2D eigenvalue weighted by Crippen LogP contribution is -2.08. The van der Waals surface area contributed by atoms with E-state index in [0.717, 1.165) is 6.07 Å². The van der Waals surface area contributed by atoms with E-state index in [1.54, 1.807) is 0 Å². The molecule has 2 rings (SSSR count). The van der Waals surface area contributed by atoms with Crippen LogP contribution in [-0.4, -0.2) is 16.3 Å². The molecule has 0 atom stereocenters. The molecule has 3 nitrogen and oxygen atoms in total. The number of anilines is 1. The molecule has 1 aliphatic rings. The Balaban J connectivity index is 2.38. The first-order valence-electron chi connectivity index (χ1n) is 3.46. The molecule has 1 aromatic rings. The molecule has 0 saturated heterocycles. The van der Waals surface area contributed by atoms with E-state index in [2.05, 4.69) is 10.4 Å². The molecule has 0 aliphatic carbocycles. The second-order valence-electron chi connectivity index (χ2n) is 2.56. The van der Waals surface area contributed by atoms with Gasteiger partial charge in [-0.1, -0.05) is 0 Å². The lowest BCUT2D eigenvalue weighted by Gasteiger charge is -2.00. The molecule has 2 heterocycles. The van der Waals surface area contributed by atoms with Gasteiger partial charge in [-0.2, -0.15) is 18.3 Å². The summed E-state index contributed by atoms with van der Waals surface area (Å²) in [7, 11) is 0. The SMILES string of the molecule is FC(F)(F)c1cc2n(n1)CCN2. The quantitative estimate of drug-likeness (QED) is 0.647. The number of rotatable bonds is 0. The topological polar surface area (TPSA) is 29.9 Å². The second-order valence-corrected chi connectivity index (χ2v) is 2.56. The van der Waals surface area contributed by atoms with Crippen LogP contribution in [0.15, 0.2) is 6.07 Å². The molecule has 1 aliphatic heterocycles. The van der Waals surface area contributed by atoms with Crippen LogP contribution in [0.5, 0.6) is 0 Å². The van der Waals surface area contributed by atoms with Crippen molar-refractivity contribution in [1.82, 2.24) is 9.78 Å². The van der Waals surface area contributed by atoms with Gasteiger partial charge in [0.2, 0.25) is 0 Å². The fraction of sp³-hybridized carbons (Fsp3) is 0.500. The molecule has 0 fully saturated rings. The summed E-state index contributed by atoms with van der Waals surface area (Å²) in [5.41, 5.74) is -0.829. The Morgan fingerprint density at radius 1 is 1.50 bits per heavy atom. The summed E-state index contributed by atoms with van der Waals surface area (Å²) in [5, 5.41) is 6.18. The average Bonchev–Trinajstić information content (AvgIpc) is 2.37. The van der Waals surface area contributed by atoms with Crippen molar-refractivity contribution in [3.63, 3.8) is 0 Å². The van der Waals surface area contributed by atoms with Crippen molar-refractivity contribution < 1.29 is 13.2 Å². The maximum Gasteiger partial charge on any atom is 0.435 e. The van der Waals surface area contributed by atoms with Crippen molar-refractivity contribution in [2.24, 2.45) is 0 Å². The van der Waals surface area contributed by atoms with E-state index in [9.17, 15) is 13.2 Å². The predicted octanol–water partition coefficient (Wildman–Crippen LogP) is 1.33. The Labute approximate surface area is 66.2 Å². The van der Waals surface area contributed by atoms with Gasteiger partial charge in [0.15, 0.2) is 5.69 Å². The number of hydrogen-bond donors (Lipinski definition) is 1. The first-order valence-corrected chi connectivity index (χ1v) is 3.46. The van der Waals surface area contributed by atoms with Crippen molar-refractivity contribution in [2.45, 2.75) is 12.7 Å². The van der Waals surface area contributed by atoms with Gasteiger partial charge < -0.3 is 5.32 Å². The third-order valence-electron chi connectivity index (χ3n) is 1.70. The van der Waals surface area contributed by atoms with Gasteiger partial charge in [0.1, 0.15) is 5.82 Å². The smallest absolute Gasteiger partial charge is 0.368 e. The Bertz CT molecular complexity index is 280. The molecule has 66 valence electrons. The Morgan fingerprint density at radius 3 is 2.83 bits per heavy atom. The first kappa shape index (κ1) is 7.45. The van der Waals surface area contributed by atoms with Gasteiger partial charge in [-0.3, -0.25) is 0 Å². The monoisotopic (exact) mass is 177 g/mol. The largest absolute Gasteiger partial charge is 0.435 e. The highest BCUT2D eigenvalue weighted by Crippen LogP contribution is 2.30.